The summed E-state index contributed by atoms with van der Waals surface area (Å²) in [4.78, 5) is 23.7. The molecule has 0 spiro atoms. The number of rotatable bonds is 8. The molecule has 2 aliphatic heterocycles. The van der Waals surface area contributed by atoms with E-state index in [1.807, 2.05) is 18.2 Å². The van der Waals surface area contributed by atoms with Crippen molar-refractivity contribution in [1.82, 2.24) is 15.4 Å². The number of hydroxylamine groups is 1. The Balaban J connectivity index is 1.24. The maximum absolute atomic E-state index is 14.5. The summed E-state index contributed by atoms with van der Waals surface area (Å²) < 4.78 is 19.9. The van der Waals surface area contributed by atoms with Crippen LogP contribution in [0.25, 0.3) is 6.08 Å². The van der Waals surface area contributed by atoms with Gasteiger partial charge in [0.25, 0.3) is 5.91 Å². The lowest BCUT2D eigenvalue weighted by atomic mass is 10.2. The molecule has 8 heteroatoms. The van der Waals surface area contributed by atoms with E-state index in [0.29, 0.717) is 12.2 Å². The molecule has 32 heavy (non-hydrogen) atoms. The van der Waals surface area contributed by atoms with Crippen molar-refractivity contribution in [1.29, 1.82) is 0 Å². The van der Waals surface area contributed by atoms with Crippen molar-refractivity contribution in [3.05, 3.63) is 65.6 Å². The normalized spacial score (nSPS) is 21.7. The number of carbonyl (C=O) groups excluding carboxylic acids is 1. The first kappa shape index (κ1) is 22.4. The van der Waals surface area contributed by atoms with Crippen LogP contribution in [0.15, 0.2) is 48.7 Å². The average molecular weight is 441 g/mol. The van der Waals surface area contributed by atoms with Gasteiger partial charge >= 0.3 is 0 Å². The van der Waals surface area contributed by atoms with Crippen molar-refractivity contribution in [3.8, 4) is 0 Å². The number of benzene rings is 1. The van der Waals surface area contributed by atoms with Crippen LogP contribution in [0.2, 0.25) is 0 Å². The molecule has 170 valence electrons. The molecule has 4 rings (SSSR count). The van der Waals surface area contributed by atoms with E-state index < -0.39 is 18.0 Å². The van der Waals surface area contributed by atoms with Crippen molar-refractivity contribution in [2.45, 2.75) is 44.6 Å². The lowest BCUT2D eigenvalue weighted by Crippen LogP contribution is -2.32. The molecule has 2 aromatic rings. The lowest BCUT2D eigenvalue weighted by molar-refractivity contribution is -0.198. The van der Waals surface area contributed by atoms with Gasteiger partial charge in [0.05, 0.1) is 0 Å². The van der Waals surface area contributed by atoms with E-state index in [1.165, 1.54) is 30.0 Å². The Morgan fingerprint density at radius 2 is 2.16 bits per heavy atom. The van der Waals surface area contributed by atoms with Gasteiger partial charge in [0, 0.05) is 51.0 Å². The zero-order valence-corrected chi connectivity index (χ0v) is 18.0. The van der Waals surface area contributed by atoms with Gasteiger partial charge in [-0.05, 0) is 42.5 Å². The number of anilines is 1. The van der Waals surface area contributed by atoms with Gasteiger partial charge in [-0.2, -0.15) is 0 Å². The molecule has 2 aliphatic rings. The molecule has 0 saturated carbocycles. The zero-order valence-electron chi connectivity index (χ0n) is 18.0. The second kappa shape index (κ2) is 11.2. The van der Waals surface area contributed by atoms with Crippen molar-refractivity contribution < 1.29 is 18.8 Å². The van der Waals surface area contributed by atoms with Crippen LogP contribution >= 0.6 is 0 Å². The fraction of sp³-hybridized carbons (Fsp3) is 0.417. The van der Waals surface area contributed by atoms with Crippen LogP contribution in [0, 0.1) is 5.82 Å². The summed E-state index contributed by atoms with van der Waals surface area (Å²) in [7, 11) is 0. The number of hydrogen-bond acceptors (Lipinski definition) is 6. The fourth-order valence-electron chi connectivity index (χ4n) is 3.91. The third kappa shape index (κ3) is 6.59. The molecule has 3 heterocycles. The SMILES string of the molecule is O=C(/C=C/c1cnc(N[C@@H]2CCN(Cc3ccccc3)C2)c(F)c1)NOC1CCCCO1. The molecule has 7 nitrogen and oxygen atoms in total. The van der Waals surface area contributed by atoms with Gasteiger partial charge < -0.3 is 10.1 Å². The molecular formula is C24H29FN4O3. The molecule has 2 saturated heterocycles. The molecule has 2 fully saturated rings. The summed E-state index contributed by atoms with van der Waals surface area (Å²) in [5.41, 5.74) is 4.10. The molecule has 0 radical (unpaired) electrons. The fourth-order valence-corrected chi connectivity index (χ4v) is 3.91. The predicted molar refractivity (Wildman–Crippen MR) is 120 cm³/mol. The van der Waals surface area contributed by atoms with Crippen molar-refractivity contribution in [2.75, 3.05) is 25.0 Å². The van der Waals surface area contributed by atoms with Crippen molar-refractivity contribution >= 4 is 17.8 Å². The summed E-state index contributed by atoms with van der Waals surface area (Å²) in [5.74, 6) is -0.650. The second-order valence-electron chi connectivity index (χ2n) is 8.16. The van der Waals surface area contributed by atoms with Crippen LogP contribution in [-0.4, -0.2) is 47.8 Å². The molecule has 2 atom stereocenters. The van der Waals surface area contributed by atoms with Gasteiger partial charge in [0.1, 0.15) is 0 Å². The number of amides is 1. The Morgan fingerprint density at radius 1 is 1.28 bits per heavy atom. The Hall–Kier alpha value is -2.81. The zero-order chi connectivity index (χ0) is 22.2. The summed E-state index contributed by atoms with van der Waals surface area (Å²) in [6.45, 7) is 3.31. The van der Waals surface area contributed by atoms with Gasteiger partial charge in [-0.1, -0.05) is 30.3 Å². The van der Waals surface area contributed by atoms with Crippen LogP contribution in [-0.2, 0) is 20.9 Å². The first-order valence-electron chi connectivity index (χ1n) is 11.1. The van der Waals surface area contributed by atoms with Crippen molar-refractivity contribution in [2.24, 2.45) is 0 Å². The maximum Gasteiger partial charge on any atom is 0.267 e. The molecule has 1 amide bonds. The monoisotopic (exact) mass is 440 g/mol. The van der Waals surface area contributed by atoms with Gasteiger partial charge in [-0.25, -0.2) is 19.7 Å². The number of ether oxygens (including phenoxy) is 1. The highest BCUT2D eigenvalue weighted by Crippen LogP contribution is 2.20. The number of aromatic nitrogens is 1. The summed E-state index contributed by atoms with van der Waals surface area (Å²) in [6.07, 6.45) is 7.60. The molecule has 0 bridgehead atoms. The summed E-state index contributed by atoms with van der Waals surface area (Å²) in [5, 5.41) is 3.21. The average Bonchev–Trinajstić information content (AvgIpc) is 3.26. The molecule has 1 aromatic heterocycles. The quantitative estimate of drug-likeness (QED) is 0.484. The maximum atomic E-state index is 14.5. The van der Waals surface area contributed by atoms with Crippen LogP contribution < -0.4 is 10.8 Å². The summed E-state index contributed by atoms with van der Waals surface area (Å²) in [6, 6.07) is 11.8. The Labute approximate surface area is 187 Å². The number of nitrogens with zero attached hydrogens (tertiary/aromatic N) is 2. The first-order valence-corrected chi connectivity index (χ1v) is 11.1. The highest BCUT2D eigenvalue weighted by Gasteiger charge is 2.23. The van der Waals surface area contributed by atoms with Crippen LogP contribution in [0.4, 0.5) is 10.2 Å². The second-order valence-corrected chi connectivity index (χ2v) is 8.16. The molecule has 2 N–H and O–H groups in total. The summed E-state index contributed by atoms with van der Waals surface area (Å²) >= 11 is 0. The van der Waals surface area contributed by atoms with E-state index >= 15 is 0 Å². The number of carbonyl (C=O) groups is 1. The number of pyridine rings is 1. The molecular weight excluding hydrogens is 411 g/mol. The number of nitrogens with one attached hydrogen (secondary N) is 2. The minimum Gasteiger partial charge on any atom is -0.364 e. The number of halogens is 1. The Kier molecular flexibility index (Phi) is 7.82. The Morgan fingerprint density at radius 3 is 2.94 bits per heavy atom. The minimum absolute atomic E-state index is 0.145. The van der Waals surface area contributed by atoms with E-state index in [4.69, 9.17) is 9.57 Å². The largest absolute Gasteiger partial charge is 0.364 e. The van der Waals surface area contributed by atoms with E-state index in [0.717, 1.165) is 45.3 Å². The van der Waals surface area contributed by atoms with Gasteiger partial charge in [-0.15, -0.1) is 0 Å². The van der Waals surface area contributed by atoms with Crippen LogP contribution in [0.1, 0.15) is 36.8 Å². The Bertz CT molecular complexity index is 919. The first-order chi connectivity index (χ1) is 15.7. The lowest BCUT2D eigenvalue weighted by Gasteiger charge is -2.21. The number of likely N-dealkylation sites (tertiary alicyclic amines) is 1. The van der Waals surface area contributed by atoms with E-state index in [1.54, 1.807) is 0 Å². The molecule has 1 aromatic carbocycles. The molecule has 1 unspecified atom stereocenters. The van der Waals surface area contributed by atoms with Gasteiger partial charge in [0.15, 0.2) is 17.9 Å². The van der Waals surface area contributed by atoms with Crippen LogP contribution in [0.5, 0.6) is 0 Å². The third-order valence-corrected chi connectivity index (χ3v) is 5.58. The van der Waals surface area contributed by atoms with Gasteiger partial charge in [0.2, 0.25) is 0 Å². The highest BCUT2D eigenvalue weighted by molar-refractivity contribution is 5.90. The van der Waals surface area contributed by atoms with Crippen LogP contribution in [0.3, 0.4) is 0 Å². The van der Waals surface area contributed by atoms with Gasteiger partial charge in [-0.3, -0.25) is 9.69 Å². The van der Waals surface area contributed by atoms with E-state index in [-0.39, 0.29) is 11.9 Å². The predicted octanol–water partition coefficient (Wildman–Crippen LogP) is 3.49. The van der Waals surface area contributed by atoms with E-state index in [2.05, 4.69) is 32.8 Å². The minimum atomic E-state index is -0.444. The standard InChI is InChI=1S/C24H29FN4O3/c25-21-14-19(9-10-22(30)28-32-23-8-4-5-13-31-23)15-26-24(21)27-20-11-12-29(17-20)16-18-6-2-1-3-7-18/h1-3,6-7,9-10,14-15,20,23H,4-5,8,11-13,16-17H2,(H,26,27)(H,28,30)/b10-9+/t20-,23?/m1/s1. The number of hydrogen-bond donors (Lipinski definition) is 2. The third-order valence-electron chi connectivity index (χ3n) is 5.58. The smallest absolute Gasteiger partial charge is 0.267 e. The van der Waals surface area contributed by atoms with E-state index in [9.17, 15) is 9.18 Å². The topological polar surface area (TPSA) is 75.7 Å². The molecule has 0 aliphatic carbocycles. The highest BCUT2D eigenvalue weighted by atomic mass is 19.1. The van der Waals surface area contributed by atoms with Crippen molar-refractivity contribution in [3.63, 3.8) is 0 Å².